The Labute approximate surface area is 109 Å². The Kier molecular flexibility index (Phi) is 3.47. The lowest BCUT2D eigenvalue weighted by Crippen LogP contribution is -2.23. The Morgan fingerprint density at radius 3 is 2.94 bits per heavy atom. The molecular weight excluding hydrogens is 248 g/mol. The highest BCUT2D eigenvalue weighted by atomic mass is 32.1. The summed E-state index contributed by atoms with van der Waals surface area (Å²) in [6.45, 7) is 2.20. The number of nitrogens with zero attached hydrogens (tertiary/aromatic N) is 3. The van der Waals surface area contributed by atoms with Crippen molar-refractivity contribution in [3.8, 4) is 0 Å². The standard InChI is InChI=1S/C12H12N4OS/c1-8-4-11(17)16(15-6-8)7-9-2-3-14-10(5-9)12(13)18/h2-6H,7H2,1H3,(H2,13,18). The van der Waals surface area contributed by atoms with Gasteiger partial charge in [0.25, 0.3) is 5.56 Å². The molecule has 0 saturated carbocycles. The molecule has 0 radical (unpaired) electrons. The van der Waals surface area contributed by atoms with Crippen molar-refractivity contribution >= 4 is 17.2 Å². The van der Waals surface area contributed by atoms with Crippen molar-refractivity contribution in [2.24, 2.45) is 5.73 Å². The molecule has 0 bridgehead atoms. The number of nitrogens with two attached hydrogens (primary N) is 1. The minimum Gasteiger partial charge on any atom is -0.388 e. The summed E-state index contributed by atoms with van der Waals surface area (Å²) in [6, 6.07) is 5.11. The summed E-state index contributed by atoms with van der Waals surface area (Å²) < 4.78 is 1.38. The van der Waals surface area contributed by atoms with Gasteiger partial charge in [0.1, 0.15) is 4.99 Å². The van der Waals surface area contributed by atoms with Gasteiger partial charge in [0.2, 0.25) is 0 Å². The van der Waals surface area contributed by atoms with Crippen LogP contribution in [0.15, 0.2) is 35.4 Å². The first-order valence-electron chi connectivity index (χ1n) is 5.35. The van der Waals surface area contributed by atoms with Gasteiger partial charge >= 0.3 is 0 Å². The van der Waals surface area contributed by atoms with Gasteiger partial charge < -0.3 is 5.73 Å². The fourth-order valence-electron chi connectivity index (χ4n) is 1.52. The molecule has 0 aliphatic heterocycles. The number of thiocarbonyl (C=S) groups is 1. The summed E-state index contributed by atoms with van der Waals surface area (Å²) in [5, 5.41) is 4.07. The van der Waals surface area contributed by atoms with E-state index in [0.717, 1.165) is 11.1 Å². The second-order valence-corrected chi connectivity index (χ2v) is 4.38. The molecule has 2 rings (SSSR count). The van der Waals surface area contributed by atoms with Gasteiger partial charge in [-0.05, 0) is 30.2 Å². The highest BCUT2D eigenvalue weighted by Crippen LogP contribution is 2.03. The lowest BCUT2D eigenvalue weighted by Gasteiger charge is -2.05. The molecule has 0 unspecified atom stereocenters. The van der Waals surface area contributed by atoms with E-state index in [4.69, 9.17) is 18.0 Å². The lowest BCUT2D eigenvalue weighted by atomic mass is 10.2. The maximum atomic E-state index is 11.7. The van der Waals surface area contributed by atoms with Crippen LogP contribution in [0, 0.1) is 6.92 Å². The van der Waals surface area contributed by atoms with Crippen LogP contribution in [0.25, 0.3) is 0 Å². The Bertz CT molecular complexity index is 651. The van der Waals surface area contributed by atoms with Crippen molar-refractivity contribution in [3.63, 3.8) is 0 Å². The number of pyridine rings is 1. The van der Waals surface area contributed by atoms with E-state index in [1.165, 1.54) is 4.68 Å². The van der Waals surface area contributed by atoms with Crippen molar-refractivity contribution in [2.75, 3.05) is 0 Å². The Morgan fingerprint density at radius 1 is 1.50 bits per heavy atom. The van der Waals surface area contributed by atoms with E-state index in [0.29, 0.717) is 12.2 Å². The minimum absolute atomic E-state index is 0.135. The fraction of sp³-hybridized carbons (Fsp3) is 0.167. The van der Waals surface area contributed by atoms with Crippen molar-refractivity contribution in [2.45, 2.75) is 13.5 Å². The number of aromatic nitrogens is 3. The van der Waals surface area contributed by atoms with Gasteiger partial charge in [-0.3, -0.25) is 9.78 Å². The summed E-state index contributed by atoms with van der Waals surface area (Å²) in [6.07, 6.45) is 3.26. The number of hydrogen-bond acceptors (Lipinski definition) is 4. The zero-order valence-electron chi connectivity index (χ0n) is 9.83. The number of rotatable bonds is 3. The first-order chi connectivity index (χ1) is 8.56. The molecule has 2 heterocycles. The van der Waals surface area contributed by atoms with Gasteiger partial charge in [-0.2, -0.15) is 5.10 Å². The molecule has 18 heavy (non-hydrogen) atoms. The molecule has 2 aromatic rings. The van der Waals surface area contributed by atoms with Gasteiger partial charge in [-0.25, -0.2) is 4.68 Å². The predicted molar refractivity (Wildman–Crippen MR) is 72.5 cm³/mol. The third-order valence-electron chi connectivity index (χ3n) is 2.42. The van der Waals surface area contributed by atoms with Gasteiger partial charge in [0.05, 0.1) is 18.4 Å². The molecule has 6 heteroatoms. The third-order valence-corrected chi connectivity index (χ3v) is 2.62. The van der Waals surface area contributed by atoms with Crippen molar-refractivity contribution in [1.82, 2.24) is 14.8 Å². The molecular formula is C12H12N4OS. The summed E-state index contributed by atoms with van der Waals surface area (Å²) >= 11 is 4.86. The highest BCUT2D eigenvalue weighted by Gasteiger charge is 2.03. The molecule has 0 atom stereocenters. The third kappa shape index (κ3) is 2.78. The average molecular weight is 260 g/mol. The van der Waals surface area contributed by atoms with Gasteiger partial charge in [-0.1, -0.05) is 12.2 Å². The van der Waals surface area contributed by atoms with Crippen LogP contribution in [0.4, 0.5) is 0 Å². The van der Waals surface area contributed by atoms with Crippen LogP contribution in [0.1, 0.15) is 16.8 Å². The van der Waals surface area contributed by atoms with E-state index in [-0.39, 0.29) is 10.5 Å². The van der Waals surface area contributed by atoms with Crippen LogP contribution < -0.4 is 11.3 Å². The minimum atomic E-state index is -0.135. The maximum Gasteiger partial charge on any atom is 0.267 e. The molecule has 0 saturated heterocycles. The molecule has 0 spiro atoms. The zero-order valence-corrected chi connectivity index (χ0v) is 10.6. The van der Waals surface area contributed by atoms with Gasteiger partial charge in [0, 0.05) is 12.3 Å². The summed E-state index contributed by atoms with van der Waals surface area (Å²) in [7, 11) is 0. The Hall–Kier alpha value is -2.08. The van der Waals surface area contributed by atoms with Crippen LogP contribution in [0.2, 0.25) is 0 Å². The molecule has 0 fully saturated rings. The second kappa shape index (κ2) is 5.05. The first-order valence-corrected chi connectivity index (χ1v) is 5.75. The van der Waals surface area contributed by atoms with Crippen molar-refractivity contribution in [3.05, 3.63) is 57.8 Å². The SMILES string of the molecule is Cc1cnn(Cc2ccnc(C(N)=S)c2)c(=O)c1. The van der Waals surface area contributed by atoms with E-state index < -0.39 is 0 Å². The largest absolute Gasteiger partial charge is 0.388 e. The van der Waals surface area contributed by atoms with Crippen LogP contribution in [-0.2, 0) is 6.54 Å². The van der Waals surface area contributed by atoms with E-state index >= 15 is 0 Å². The lowest BCUT2D eigenvalue weighted by molar-refractivity contribution is 0.635. The van der Waals surface area contributed by atoms with Crippen LogP contribution in [-0.4, -0.2) is 19.8 Å². The monoisotopic (exact) mass is 260 g/mol. The smallest absolute Gasteiger partial charge is 0.267 e. The van der Waals surface area contributed by atoms with Gasteiger partial charge in [0.15, 0.2) is 0 Å². The fourth-order valence-corrected chi connectivity index (χ4v) is 1.63. The Morgan fingerprint density at radius 2 is 2.28 bits per heavy atom. The van der Waals surface area contributed by atoms with Crippen molar-refractivity contribution < 1.29 is 0 Å². The molecule has 0 aliphatic carbocycles. The zero-order chi connectivity index (χ0) is 13.1. The van der Waals surface area contributed by atoms with Crippen molar-refractivity contribution in [1.29, 1.82) is 0 Å². The topological polar surface area (TPSA) is 73.8 Å². The normalized spacial score (nSPS) is 10.3. The number of aryl methyl sites for hydroxylation is 1. The molecule has 92 valence electrons. The maximum absolute atomic E-state index is 11.7. The summed E-state index contributed by atoms with van der Waals surface area (Å²) in [5.74, 6) is 0. The predicted octanol–water partition coefficient (Wildman–Crippen LogP) is 0.629. The number of hydrogen-bond donors (Lipinski definition) is 1. The molecule has 2 aromatic heterocycles. The highest BCUT2D eigenvalue weighted by molar-refractivity contribution is 7.80. The summed E-state index contributed by atoms with van der Waals surface area (Å²) in [5.41, 5.74) is 7.64. The second-order valence-electron chi connectivity index (χ2n) is 3.94. The first kappa shape index (κ1) is 12.4. The molecule has 5 nitrogen and oxygen atoms in total. The summed E-state index contributed by atoms with van der Waals surface area (Å²) in [4.78, 5) is 16.0. The average Bonchev–Trinajstić information content (AvgIpc) is 2.33. The van der Waals surface area contributed by atoms with E-state index in [1.807, 2.05) is 6.92 Å². The quantitative estimate of drug-likeness (QED) is 0.819. The van der Waals surface area contributed by atoms with Crippen LogP contribution >= 0.6 is 12.2 Å². The molecule has 0 aliphatic rings. The van der Waals surface area contributed by atoms with Crippen LogP contribution in [0.5, 0.6) is 0 Å². The molecule has 2 N–H and O–H groups in total. The van der Waals surface area contributed by atoms with E-state index in [9.17, 15) is 4.79 Å². The van der Waals surface area contributed by atoms with E-state index in [1.54, 1.807) is 30.6 Å². The van der Waals surface area contributed by atoms with Gasteiger partial charge in [-0.15, -0.1) is 0 Å². The van der Waals surface area contributed by atoms with E-state index in [2.05, 4.69) is 10.1 Å². The molecule has 0 aromatic carbocycles. The Balaban J connectivity index is 2.31. The van der Waals surface area contributed by atoms with Crippen LogP contribution in [0.3, 0.4) is 0 Å². The molecule has 0 amide bonds.